The Morgan fingerprint density at radius 3 is 2.71 bits per heavy atom. The van der Waals surface area contributed by atoms with Gasteiger partial charge >= 0.3 is 0 Å². The minimum absolute atomic E-state index is 0.107. The Kier molecular flexibility index (Phi) is 4.87. The molecule has 0 saturated carbocycles. The highest BCUT2D eigenvalue weighted by Crippen LogP contribution is 2.25. The summed E-state index contributed by atoms with van der Waals surface area (Å²) in [5.74, 6) is 0. The zero-order valence-corrected chi connectivity index (χ0v) is 13.4. The zero-order chi connectivity index (χ0) is 14.7. The van der Waals surface area contributed by atoms with Gasteiger partial charge in [-0.25, -0.2) is 4.98 Å². The van der Waals surface area contributed by atoms with Gasteiger partial charge in [-0.2, -0.15) is 0 Å². The standard InChI is InChI=1S/C15H17ClN2O2S/c1-18(9-14-19-6-7-20-14)8-13-10-21-15(17-13)11-2-4-12(16)5-3-11/h2-5,10,14H,6-9H2,1H3. The Balaban J connectivity index is 1.60. The average Bonchev–Trinajstić information content (AvgIpc) is 3.11. The maximum Gasteiger partial charge on any atom is 0.170 e. The molecule has 1 aromatic carbocycles. The fourth-order valence-electron chi connectivity index (χ4n) is 2.21. The Morgan fingerprint density at radius 2 is 2.00 bits per heavy atom. The number of halogens is 1. The number of nitrogens with zero attached hydrogens (tertiary/aromatic N) is 2. The molecule has 4 nitrogen and oxygen atoms in total. The summed E-state index contributed by atoms with van der Waals surface area (Å²) < 4.78 is 10.9. The van der Waals surface area contributed by atoms with Gasteiger partial charge in [0.2, 0.25) is 0 Å². The van der Waals surface area contributed by atoms with Crippen molar-refractivity contribution in [2.24, 2.45) is 0 Å². The van der Waals surface area contributed by atoms with Crippen molar-refractivity contribution in [3.63, 3.8) is 0 Å². The number of hydrogen-bond donors (Lipinski definition) is 0. The van der Waals surface area contributed by atoms with E-state index < -0.39 is 0 Å². The second kappa shape index (κ2) is 6.85. The predicted molar refractivity (Wildman–Crippen MR) is 84.6 cm³/mol. The van der Waals surface area contributed by atoms with Crippen molar-refractivity contribution < 1.29 is 9.47 Å². The molecule has 0 bridgehead atoms. The first kappa shape index (κ1) is 14.9. The zero-order valence-electron chi connectivity index (χ0n) is 11.8. The first-order valence-electron chi connectivity index (χ1n) is 6.83. The smallest absolute Gasteiger partial charge is 0.170 e. The average molecular weight is 325 g/mol. The number of ether oxygens (including phenoxy) is 2. The van der Waals surface area contributed by atoms with E-state index in [1.807, 2.05) is 31.3 Å². The molecule has 0 aliphatic carbocycles. The lowest BCUT2D eigenvalue weighted by Gasteiger charge is -2.18. The molecular formula is C15H17ClN2O2S. The van der Waals surface area contributed by atoms with Crippen LogP contribution in [0.2, 0.25) is 5.02 Å². The third-order valence-corrected chi connectivity index (χ3v) is 4.42. The predicted octanol–water partition coefficient (Wildman–Crippen LogP) is 3.27. The monoisotopic (exact) mass is 324 g/mol. The van der Waals surface area contributed by atoms with Crippen LogP contribution in [0.5, 0.6) is 0 Å². The van der Waals surface area contributed by atoms with Crippen LogP contribution in [0.15, 0.2) is 29.6 Å². The van der Waals surface area contributed by atoms with Gasteiger partial charge in [0.25, 0.3) is 0 Å². The van der Waals surface area contributed by atoms with Crippen molar-refractivity contribution >= 4 is 22.9 Å². The molecule has 1 aliphatic rings. The van der Waals surface area contributed by atoms with Crippen molar-refractivity contribution in [2.45, 2.75) is 12.8 Å². The molecule has 0 amide bonds. The van der Waals surface area contributed by atoms with Gasteiger partial charge in [-0.3, -0.25) is 4.90 Å². The molecular weight excluding hydrogens is 308 g/mol. The molecule has 2 heterocycles. The molecule has 0 unspecified atom stereocenters. The van der Waals surface area contributed by atoms with Gasteiger partial charge in [0.05, 0.1) is 18.9 Å². The lowest BCUT2D eigenvalue weighted by atomic mass is 10.2. The summed E-state index contributed by atoms with van der Waals surface area (Å²) in [6.07, 6.45) is -0.107. The van der Waals surface area contributed by atoms with E-state index in [1.54, 1.807) is 11.3 Å². The summed E-state index contributed by atoms with van der Waals surface area (Å²) in [5.41, 5.74) is 2.16. The Bertz CT molecular complexity index is 582. The quantitative estimate of drug-likeness (QED) is 0.845. The molecule has 1 aliphatic heterocycles. The summed E-state index contributed by atoms with van der Waals surface area (Å²) in [5, 5.41) is 3.85. The van der Waals surface area contributed by atoms with Crippen LogP contribution >= 0.6 is 22.9 Å². The Labute approximate surface area is 133 Å². The van der Waals surface area contributed by atoms with Crippen molar-refractivity contribution in [1.82, 2.24) is 9.88 Å². The summed E-state index contributed by atoms with van der Waals surface area (Å²) in [6, 6.07) is 7.77. The van der Waals surface area contributed by atoms with Crippen LogP contribution in [-0.4, -0.2) is 43.0 Å². The number of thiazole rings is 1. The Hall–Kier alpha value is -0.980. The minimum Gasteiger partial charge on any atom is -0.349 e. The van der Waals surface area contributed by atoms with Crippen LogP contribution in [0.4, 0.5) is 0 Å². The second-order valence-corrected chi connectivity index (χ2v) is 6.31. The van der Waals surface area contributed by atoms with Crippen molar-refractivity contribution in [1.29, 1.82) is 0 Å². The van der Waals surface area contributed by atoms with E-state index in [0.717, 1.165) is 34.4 Å². The van der Waals surface area contributed by atoms with Gasteiger partial charge in [-0.15, -0.1) is 11.3 Å². The molecule has 21 heavy (non-hydrogen) atoms. The van der Waals surface area contributed by atoms with Crippen LogP contribution < -0.4 is 0 Å². The first-order chi connectivity index (χ1) is 10.2. The SMILES string of the molecule is CN(Cc1csc(-c2ccc(Cl)cc2)n1)CC1OCCO1. The molecule has 6 heteroatoms. The van der Waals surface area contributed by atoms with Crippen LogP contribution in [0.25, 0.3) is 10.6 Å². The maximum atomic E-state index is 5.91. The van der Waals surface area contributed by atoms with Crippen LogP contribution in [0.3, 0.4) is 0 Å². The van der Waals surface area contributed by atoms with Crippen LogP contribution in [0.1, 0.15) is 5.69 Å². The van der Waals surface area contributed by atoms with E-state index in [0.29, 0.717) is 13.2 Å². The summed E-state index contributed by atoms with van der Waals surface area (Å²) in [7, 11) is 2.05. The van der Waals surface area contributed by atoms with E-state index in [1.165, 1.54) is 0 Å². The van der Waals surface area contributed by atoms with E-state index in [4.69, 9.17) is 21.1 Å². The second-order valence-electron chi connectivity index (χ2n) is 5.02. The fraction of sp³-hybridized carbons (Fsp3) is 0.400. The fourth-order valence-corrected chi connectivity index (χ4v) is 3.16. The third-order valence-electron chi connectivity index (χ3n) is 3.23. The molecule has 0 spiro atoms. The minimum atomic E-state index is -0.107. The first-order valence-corrected chi connectivity index (χ1v) is 8.08. The molecule has 1 aromatic heterocycles. The number of hydrogen-bond acceptors (Lipinski definition) is 5. The Morgan fingerprint density at radius 1 is 1.29 bits per heavy atom. The highest BCUT2D eigenvalue weighted by molar-refractivity contribution is 7.13. The largest absolute Gasteiger partial charge is 0.349 e. The van der Waals surface area contributed by atoms with Crippen LogP contribution in [-0.2, 0) is 16.0 Å². The van der Waals surface area contributed by atoms with Crippen LogP contribution in [0, 0.1) is 0 Å². The van der Waals surface area contributed by atoms with Gasteiger partial charge in [0.1, 0.15) is 5.01 Å². The van der Waals surface area contributed by atoms with Gasteiger partial charge in [0, 0.05) is 29.1 Å². The van der Waals surface area contributed by atoms with Gasteiger partial charge in [0.15, 0.2) is 6.29 Å². The maximum absolute atomic E-state index is 5.91. The number of rotatable bonds is 5. The molecule has 2 aromatic rings. The molecule has 1 fully saturated rings. The number of aromatic nitrogens is 1. The topological polar surface area (TPSA) is 34.6 Å². The number of likely N-dealkylation sites (N-methyl/N-ethyl adjacent to an activating group) is 1. The molecule has 0 atom stereocenters. The number of benzene rings is 1. The summed E-state index contributed by atoms with van der Waals surface area (Å²) in [6.45, 7) is 2.92. The normalized spacial score (nSPS) is 16.0. The van der Waals surface area contributed by atoms with E-state index in [-0.39, 0.29) is 6.29 Å². The van der Waals surface area contributed by atoms with Gasteiger partial charge in [-0.1, -0.05) is 23.7 Å². The third kappa shape index (κ3) is 4.02. The van der Waals surface area contributed by atoms with E-state index >= 15 is 0 Å². The summed E-state index contributed by atoms with van der Waals surface area (Å²) >= 11 is 7.56. The lowest BCUT2D eigenvalue weighted by molar-refractivity contribution is -0.0593. The van der Waals surface area contributed by atoms with E-state index in [2.05, 4.69) is 15.3 Å². The van der Waals surface area contributed by atoms with E-state index in [9.17, 15) is 0 Å². The van der Waals surface area contributed by atoms with Crippen molar-refractivity contribution in [2.75, 3.05) is 26.8 Å². The molecule has 1 saturated heterocycles. The highest BCUT2D eigenvalue weighted by atomic mass is 35.5. The molecule has 3 rings (SSSR count). The van der Waals surface area contributed by atoms with Crippen molar-refractivity contribution in [3.05, 3.63) is 40.4 Å². The highest BCUT2D eigenvalue weighted by Gasteiger charge is 2.18. The molecule has 0 radical (unpaired) electrons. The molecule has 0 N–H and O–H groups in total. The van der Waals surface area contributed by atoms with Crippen molar-refractivity contribution in [3.8, 4) is 10.6 Å². The van der Waals surface area contributed by atoms with Gasteiger partial charge in [-0.05, 0) is 19.2 Å². The van der Waals surface area contributed by atoms with Gasteiger partial charge < -0.3 is 9.47 Å². The summed E-state index contributed by atoms with van der Waals surface area (Å²) in [4.78, 5) is 6.84. The lowest BCUT2D eigenvalue weighted by Crippen LogP contribution is -2.29. The molecule has 112 valence electrons.